The quantitative estimate of drug-likeness (QED) is 0.822. The number of aryl methyl sites for hydroxylation is 1. The molecule has 1 aromatic heterocycles. The zero-order valence-corrected chi connectivity index (χ0v) is 10.3. The molecule has 2 nitrogen and oxygen atoms in total. The van der Waals surface area contributed by atoms with E-state index in [0.29, 0.717) is 6.54 Å². The van der Waals surface area contributed by atoms with Gasteiger partial charge in [0.2, 0.25) is 0 Å². The Labute approximate surface area is 97.0 Å². The first kappa shape index (κ1) is 9.98. The monoisotopic (exact) mass is 300 g/mol. The van der Waals surface area contributed by atoms with Crippen molar-refractivity contribution in [3.8, 4) is 0 Å². The molecule has 0 aliphatic heterocycles. The van der Waals surface area contributed by atoms with Gasteiger partial charge in [-0.2, -0.15) is 0 Å². The Morgan fingerprint density at radius 2 is 2.21 bits per heavy atom. The van der Waals surface area contributed by atoms with E-state index in [2.05, 4.69) is 52.7 Å². The Hall–Kier alpha value is -0.550. The van der Waals surface area contributed by atoms with Crippen molar-refractivity contribution in [3.63, 3.8) is 0 Å². The maximum atomic E-state index is 5.60. The molecule has 2 aromatic rings. The third-order valence-electron chi connectivity index (χ3n) is 2.50. The molecule has 0 unspecified atom stereocenters. The molecule has 0 aliphatic rings. The largest absolute Gasteiger partial charge is 0.358 e. The molecule has 3 heteroatoms. The lowest BCUT2D eigenvalue weighted by Crippen LogP contribution is -2.03. The minimum absolute atomic E-state index is 0.708. The third-order valence-corrected chi connectivity index (χ3v) is 3.40. The van der Waals surface area contributed by atoms with Gasteiger partial charge in [0.1, 0.15) is 0 Å². The highest BCUT2D eigenvalue weighted by Crippen LogP contribution is 2.25. The second-order valence-electron chi connectivity index (χ2n) is 3.43. The summed E-state index contributed by atoms with van der Waals surface area (Å²) in [5.74, 6) is 0. The van der Waals surface area contributed by atoms with E-state index >= 15 is 0 Å². The number of benzene rings is 1. The molecule has 0 radical (unpaired) electrons. The van der Waals surface area contributed by atoms with E-state index in [9.17, 15) is 0 Å². The van der Waals surface area contributed by atoms with Crippen LogP contribution in [-0.4, -0.2) is 11.5 Å². The molecule has 74 valence electrons. The van der Waals surface area contributed by atoms with Crippen LogP contribution in [0.15, 0.2) is 18.2 Å². The zero-order chi connectivity index (χ0) is 10.1. The van der Waals surface area contributed by atoms with Crippen LogP contribution < -0.4 is 5.73 Å². The Morgan fingerprint density at radius 1 is 1.43 bits per heavy atom. The van der Waals surface area contributed by atoms with Crippen LogP contribution in [0, 0.1) is 10.5 Å². The molecular weight excluding hydrogens is 287 g/mol. The topological polar surface area (TPSA) is 41.8 Å². The van der Waals surface area contributed by atoms with Crippen molar-refractivity contribution in [2.75, 3.05) is 6.54 Å². The molecule has 1 aromatic carbocycles. The summed E-state index contributed by atoms with van der Waals surface area (Å²) in [4.78, 5) is 3.42. The first-order chi connectivity index (χ1) is 6.74. The number of para-hydroxylation sites is 1. The van der Waals surface area contributed by atoms with Crippen LogP contribution in [0.5, 0.6) is 0 Å². The predicted molar refractivity (Wildman–Crippen MR) is 68.5 cm³/mol. The van der Waals surface area contributed by atoms with Gasteiger partial charge in [0.05, 0.1) is 5.52 Å². The molecule has 0 amide bonds. The van der Waals surface area contributed by atoms with Crippen molar-refractivity contribution < 1.29 is 0 Å². The molecule has 0 saturated carbocycles. The maximum absolute atomic E-state index is 5.60. The van der Waals surface area contributed by atoms with Crippen LogP contribution in [0.2, 0.25) is 0 Å². The highest BCUT2D eigenvalue weighted by molar-refractivity contribution is 14.1. The summed E-state index contributed by atoms with van der Waals surface area (Å²) in [7, 11) is 0. The second-order valence-corrected chi connectivity index (χ2v) is 4.59. The lowest BCUT2D eigenvalue weighted by atomic mass is 10.1. The molecule has 0 saturated heterocycles. The van der Waals surface area contributed by atoms with Crippen LogP contribution in [-0.2, 0) is 6.42 Å². The zero-order valence-electron chi connectivity index (χ0n) is 8.10. The van der Waals surface area contributed by atoms with Crippen molar-refractivity contribution in [1.29, 1.82) is 0 Å². The molecule has 1 heterocycles. The first-order valence-electron chi connectivity index (χ1n) is 4.69. The fourth-order valence-electron chi connectivity index (χ4n) is 1.83. The average Bonchev–Trinajstić information content (AvgIpc) is 2.47. The van der Waals surface area contributed by atoms with E-state index in [-0.39, 0.29) is 0 Å². The first-order valence-corrected chi connectivity index (χ1v) is 5.77. The molecule has 0 spiro atoms. The molecular formula is C11H13IN2. The number of aromatic nitrogens is 1. The number of halogens is 1. The van der Waals surface area contributed by atoms with Gasteiger partial charge in [-0.05, 0) is 54.1 Å². The molecule has 3 N–H and O–H groups in total. The number of H-pyrrole nitrogens is 1. The van der Waals surface area contributed by atoms with Crippen molar-refractivity contribution in [2.24, 2.45) is 5.73 Å². The number of nitrogens with one attached hydrogen (secondary N) is 1. The summed E-state index contributed by atoms with van der Waals surface area (Å²) >= 11 is 2.35. The summed E-state index contributed by atoms with van der Waals surface area (Å²) in [6.07, 6.45) is 0.950. The molecule has 0 atom stereocenters. The minimum atomic E-state index is 0.708. The van der Waals surface area contributed by atoms with Gasteiger partial charge in [0.15, 0.2) is 0 Å². The van der Waals surface area contributed by atoms with Crippen molar-refractivity contribution in [2.45, 2.75) is 13.3 Å². The van der Waals surface area contributed by atoms with E-state index < -0.39 is 0 Å². The predicted octanol–water partition coefficient (Wildman–Crippen LogP) is 2.58. The minimum Gasteiger partial charge on any atom is -0.358 e. The lowest BCUT2D eigenvalue weighted by Gasteiger charge is -1.98. The smallest absolute Gasteiger partial charge is 0.0594 e. The van der Waals surface area contributed by atoms with Crippen LogP contribution in [0.3, 0.4) is 0 Å². The van der Waals surface area contributed by atoms with Crippen LogP contribution >= 0.6 is 22.6 Å². The van der Waals surface area contributed by atoms with E-state index in [4.69, 9.17) is 5.73 Å². The van der Waals surface area contributed by atoms with Crippen molar-refractivity contribution in [1.82, 2.24) is 4.98 Å². The fourth-order valence-corrected chi connectivity index (χ4v) is 2.47. The van der Waals surface area contributed by atoms with Gasteiger partial charge in [0.25, 0.3) is 0 Å². The molecule has 0 fully saturated rings. The molecule has 0 aliphatic carbocycles. The van der Waals surface area contributed by atoms with Gasteiger partial charge in [-0.15, -0.1) is 0 Å². The van der Waals surface area contributed by atoms with Gasteiger partial charge >= 0.3 is 0 Å². The number of nitrogens with two attached hydrogens (primary N) is 1. The SMILES string of the molecule is Cc1[nH]c2c(I)cccc2c1CCN. The van der Waals surface area contributed by atoms with Gasteiger partial charge in [0, 0.05) is 14.7 Å². The Balaban J connectivity index is 2.70. The molecule has 2 rings (SSSR count). The van der Waals surface area contributed by atoms with Gasteiger partial charge in [-0.25, -0.2) is 0 Å². The van der Waals surface area contributed by atoms with Crippen LogP contribution in [0.25, 0.3) is 10.9 Å². The number of fused-ring (bicyclic) bond motifs is 1. The van der Waals surface area contributed by atoms with Crippen LogP contribution in [0.4, 0.5) is 0 Å². The maximum Gasteiger partial charge on any atom is 0.0594 e. The fraction of sp³-hybridized carbons (Fsp3) is 0.273. The lowest BCUT2D eigenvalue weighted by molar-refractivity contribution is 0.963. The standard InChI is InChI=1S/C11H13IN2/c1-7-8(5-6-13)9-3-2-4-10(12)11(9)14-7/h2-4,14H,5-6,13H2,1H3. The summed E-state index contributed by atoms with van der Waals surface area (Å²) < 4.78 is 1.27. The van der Waals surface area contributed by atoms with E-state index in [0.717, 1.165) is 6.42 Å². The van der Waals surface area contributed by atoms with Crippen molar-refractivity contribution >= 4 is 33.5 Å². The number of rotatable bonds is 2. The van der Waals surface area contributed by atoms with Crippen molar-refractivity contribution in [3.05, 3.63) is 33.0 Å². The van der Waals surface area contributed by atoms with Crippen LogP contribution in [0.1, 0.15) is 11.3 Å². The summed E-state index contributed by atoms with van der Waals surface area (Å²) in [6, 6.07) is 6.37. The number of hydrogen-bond donors (Lipinski definition) is 2. The molecule has 0 bridgehead atoms. The van der Waals surface area contributed by atoms with Gasteiger partial charge in [-0.3, -0.25) is 0 Å². The van der Waals surface area contributed by atoms with E-state index in [1.807, 2.05) is 0 Å². The van der Waals surface area contributed by atoms with Gasteiger partial charge < -0.3 is 10.7 Å². The third kappa shape index (κ3) is 1.54. The summed E-state index contributed by atoms with van der Waals surface area (Å²) in [5.41, 5.74) is 9.45. The molecule has 14 heavy (non-hydrogen) atoms. The van der Waals surface area contributed by atoms with E-state index in [1.54, 1.807) is 0 Å². The number of aromatic amines is 1. The summed E-state index contributed by atoms with van der Waals surface area (Å²) in [6.45, 7) is 2.82. The van der Waals surface area contributed by atoms with E-state index in [1.165, 1.54) is 25.7 Å². The highest BCUT2D eigenvalue weighted by atomic mass is 127. The highest BCUT2D eigenvalue weighted by Gasteiger charge is 2.08. The average molecular weight is 300 g/mol. The second kappa shape index (κ2) is 3.90. The summed E-state index contributed by atoms with van der Waals surface area (Å²) in [5, 5.41) is 1.32. The van der Waals surface area contributed by atoms with Gasteiger partial charge in [-0.1, -0.05) is 12.1 Å². The normalized spacial score (nSPS) is 11.1. The Bertz CT molecular complexity index is 460. The number of hydrogen-bond acceptors (Lipinski definition) is 1. The Kier molecular flexibility index (Phi) is 2.78. The Morgan fingerprint density at radius 3 is 2.93 bits per heavy atom.